The molecule has 0 aromatic carbocycles. The van der Waals surface area contributed by atoms with Crippen LogP contribution in [-0.2, 0) is 4.79 Å². The fraction of sp³-hybridized carbons (Fsp3) is 0.800. The maximum absolute atomic E-state index is 10.1. The van der Waals surface area contributed by atoms with E-state index in [1.54, 1.807) is 0 Å². The molecule has 2 heteroatoms. The van der Waals surface area contributed by atoms with Crippen molar-refractivity contribution in [2.75, 3.05) is 0 Å². The molecule has 0 rings (SSSR count). The van der Waals surface area contributed by atoms with E-state index in [1.807, 2.05) is 0 Å². The van der Waals surface area contributed by atoms with Crippen LogP contribution in [0.25, 0.3) is 0 Å². The van der Waals surface area contributed by atoms with Crippen LogP contribution >= 0.6 is 0 Å². The van der Waals surface area contributed by atoms with Crippen molar-refractivity contribution in [2.45, 2.75) is 26.2 Å². The normalized spacial score (nSPS) is 8.86. The van der Waals surface area contributed by atoms with Crippen LogP contribution in [0.1, 0.15) is 26.2 Å². The lowest BCUT2D eigenvalue weighted by Gasteiger charge is -1.86. The molecular formula is C5H9OSi. The zero-order chi connectivity index (χ0) is 5.70. The zero-order valence-electron chi connectivity index (χ0n) is 4.53. The molecule has 0 saturated heterocycles. The summed E-state index contributed by atoms with van der Waals surface area (Å²) in [6.45, 7) is 2.06. The standard InChI is InChI=1S/C5H9OSi/c1-2-3-4-5(6)7/h2-4H2,1H3. The molecule has 0 aromatic heterocycles. The van der Waals surface area contributed by atoms with Gasteiger partial charge < -0.3 is 4.79 Å². The lowest BCUT2D eigenvalue weighted by molar-refractivity contribution is -0.111. The van der Waals surface area contributed by atoms with Crippen molar-refractivity contribution in [2.24, 2.45) is 0 Å². The van der Waals surface area contributed by atoms with Gasteiger partial charge in [-0.2, -0.15) is 0 Å². The molecule has 0 spiro atoms. The van der Waals surface area contributed by atoms with E-state index < -0.39 is 0 Å². The van der Waals surface area contributed by atoms with Gasteiger partial charge in [0, 0.05) is 6.42 Å². The van der Waals surface area contributed by atoms with Crippen LogP contribution in [-0.4, -0.2) is 15.6 Å². The van der Waals surface area contributed by atoms with E-state index in [-0.39, 0.29) is 5.41 Å². The van der Waals surface area contributed by atoms with Crippen LogP contribution in [0, 0.1) is 0 Å². The SMILES string of the molecule is CCCCC(=O)[Si]. The number of rotatable bonds is 3. The molecule has 0 unspecified atom stereocenters. The number of carbonyl (C=O) groups is 1. The second kappa shape index (κ2) is 4.06. The lowest BCUT2D eigenvalue weighted by atomic mass is 10.3. The molecule has 0 aliphatic heterocycles. The predicted octanol–water partition coefficient (Wildman–Crippen LogP) is 0.872. The fourth-order valence-electron chi connectivity index (χ4n) is 0.337. The van der Waals surface area contributed by atoms with E-state index in [1.165, 1.54) is 0 Å². The number of carbonyl (C=O) groups excluding carboxylic acids is 1. The third kappa shape index (κ3) is 5.89. The Morgan fingerprint density at radius 2 is 2.29 bits per heavy atom. The number of hydrogen-bond acceptors (Lipinski definition) is 1. The summed E-state index contributed by atoms with van der Waals surface area (Å²) < 4.78 is 0. The molecule has 0 bridgehead atoms. The Balaban J connectivity index is 2.82. The Morgan fingerprint density at radius 3 is 2.43 bits per heavy atom. The molecule has 39 valence electrons. The third-order valence-corrected chi connectivity index (χ3v) is 1.01. The van der Waals surface area contributed by atoms with E-state index in [4.69, 9.17) is 0 Å². The summed E-state index contributed by atoms with van der Waals surface area (Å²) in [5, 5.41) is 0.113. The van der Waals surface area contributed by atoms with Crippen LogP contribution in [0.2, 0.25) is 0 Å². The molecule has 1 nitrogen and oxygen atoms in total. The van der Waals surface area contributed by atoms with E-state index in [2.05, 4.69) is 17.2 Å². The lowest BCUT2D eigenvalue weighted by Crippen LogP contribution is -1.93. The monoisotopic (exact) mass is 113 g/mol. The van der Waals surface area contributed by atoms with E-state index in [0.717, 1.165) is 12.8 Å². The number of unbranched alkanes of at least 4 members (excludes halogenated alkanes) is 1. The van der Waals surface area contributed by atoms with Crippen molar-refractivity contribution in [1.82, 2.24) is 0 Å². The van der Waals surface area contributed by atoms with Crippen molar-refractivity contribution in [3.8, 4) is 0 Å². The summed E-state index contributed by atoms with van der Waals surface area (Å²) in [6, 6.07) is 0. The van der Waals surface area contributed by atoms with Gasteiger partial charge in [-0.3, -0.25) is 0 Å². The summed E-state index contributed by atoms with van der Waals surface area (Å²) in [6.07, 6.45) is 2.77. The van der Waals surface area contributed by atoms with Gasteiger partial charge in [-0.25, -0.2) is 0 Å². The first-order chi connectivity index (χ1) is 3.27. The van der Waals surface area contributed by atoms with Gasteiger partial charge in [0.2, 0.25) is 0 Å². The van der Waals surface area contributed by atoms with Crippen LogP contribution < -0.4 is 0 Å². The third-order valence-electron chi connectivity index (χ3n) is 0.757. The van der Waals surface area contributed by atoms with Crippen LogP contribution in [0.3, 0.4) is 0 Å². The topological polar surface area (TPSA) is 17.1 Å². The Hall–Kier alpha value is -0.113. The van der Waals surface area contributed by atoms with E-state index in [0.29, 0.717) is 6.42 Å². The van der Waals surface area contributed by atoms with Gasteiger partial charge in [0.05, 0.1) is 0 Å². The molecule has 0 aromatic rings. The maximum atomic E-state index is 10.1. The van der Waals surface area contributed by atoms with E-state index >= 15 is 0 Å². The highest BCUT2D eigenvalue weighted by Crippen LogP contribution is 1.90. The van der Waals surface area contributed by atoms with Gasteiger partial charge in [-0.15, -0.1) is 0 Å². The fourth-order valence-corrected chi connectivity index (χ4v) is 0.514. The first-order valence-corrected chi connectivity index (χ1v) is 3.01. The molecule has 3 radical (unpaired) electrons. The largest absolute Gasteiger partial charge is 0.306 e. The Kier molecular flexibility index (Phi) is 3.99. The summed E-state index contributed by atoms with van der Waals surface area (Å²) in [5.41, 5.74) is 0. The quantitative estimate of drug-likeness (QED) is 0.496. The molecule has 0 aliphatic rings. The average Bonchev–Trinajstić information content (AvgIpc) is 1.61. The smallest absolute Gasteiger partial charge is 0.126 e. The highest BCUT2D eigenvalue weighted by Gasteiger charge is 1.87. The first kappa shape index (κ1) is 6.89. The Labute approximate surface area is 47.5 Å². The van der Waals surface area contributed by atoms with Crippen LogP contribution in [0.15, 0.2) is 0 Å². The molecule has 0 atom stereocenters. The highest BCUT2D eigenvalue weighted by molar-refractivity contribution is 6.57. The van der Waals surface area contributed by atoms with Crippen molar-refractivity contribution in [3.63, 3.8) is 0 Å². The molecule has 0 amide bonds. The van der Waals surface area contributed by atoms with Gasteiger partial charge in [0.25, 0.3) is 0 Å². The van der Waals surface area contributed by atoms with E-state index in [9.17, 15) is 4.79 Å². The summed E-state index contributed by atoms with van der Waals surface area (Å²) in [7, 11) is 2.88. The van der Waals surface area contributed by atoms with Gasteiger partial charge in [0.15, 0.2) is 0 Å². The summed E-state index contributed by atoms with van der Waals surface area (Å²) in [4.78, 5) is 10.1. The van der Waals surface area contributed by atoms with Gasteiger partial charge >= 0.3 is 0 Å². The van der Waals surface area contributed by atoms with Crippen molar-refractivity contribution in [3.05, 3.63) is 0 Å². The van der Waals surface area contributed by atoms with Crippen LogP contribution in [0.4, 0.5) is 0 Å². The average molecular weight is 113 g/mol. The maximum Gasteiger partial charge on any atom is 0.126 e. The van der Waals surface area contributed by atoms with Gasteiger partial charge in [-0.1, -0.05) is 13.3 Å². The minimum absolute atomic E-state index is 0.113. The van der Waals surface area contributed by atoms with Crippen molar-refractivity contribution in [1.29, 1.82) is 0 Å². The minimum atomic E-state index is 0.113. The zero-order valence-corrected chi connectivity index (χ0v) is 5.53. The number of hydrogen-bond donors (Lipinski definition) is 0. The second-order valence-corrected chi connectivity index (χ2v) is 2.08. The summed E-state index contributed by atoms with van der Waals surface area (Å²) in [5.74, 6) is 0. The first-order valence-electron chi connectivity index (χ1n) is 2.51. The molecule has 0 saturated carbocycles. The summed E-state index contributed by atoms with van der Waals surface area (Å²) >= 11 is 0. The van der Waals surface area contributed by atoms with Crippen LogP contribution in [0.5, 0.6) is 0 Å². The second-order valence-electron chi connectivity index (χ2n) is 1.53. The molecular weight excluding hydrogens is 104 g/mol. The molecule has 0 fully saturated rings. The molecule has 0 aliphatic carbocycles. The van der Waals surface area contributed by atoms with Gasteiger partial charge in [0.1, 0.15) is 15.6 Å². The predicted molar refractivity (Wildman–Crippen MR) is 30.3 cm³/mol. The molecule has 7 heavy (non-hydrogen) atoms. The minimum Gasteiger partial charge on any atom is -0.306 e. The van der Waals surface area contributed by atoms with Gasteiger partial charge in [-0.05, 0) is 6.42 Å². The van der Waals surface area contributed by atoms with Crippen molar-refractivity contribution >= 4 is 15.6 Å². The molecule has 0 heterocycles. The van der Waals surface area contributed by atoms with Crippen molar-refractivity contribution < 1.29 is 4.79 Å². The highest BCUT2D eigenvalue weighted by atomic mass is 28.1. The molecule has 0 N–H and O–H groups in total. The Bertz CT molecular complexity index is 61.1. The Morgan fingerprint density at radius 1 is 1.71 bits per heavy atom.